The fourth-order valence-electron chi connectivity index (χ4n) is 2.51. The standard InChI is InChI=1S/C19H23N5O5/c1-13-6-8-20-17(10-13)22-19(26)12-23(2)9-7-18(25)21-15-5-4-14(29-3)11-16(15)24(27)28/h4-6,8,10-11H,7,9,12H2,1-3H3,(H,21,25)(H,20,22,26). The summed E-state index contributed by atoms with van der Waals surface area (Å²) < 4.78 is 4.96. The zero-order valence-electron chi connectivity index (χ0n) is 16.5. The van der Waals surface area contributed by atoms with Gasteiger partial charge in [0.2, 0.25) is 11.8 Å². The van der Waals surface area contributed by atoms with Gasteiger partial charge in [0.25, 0.3) is 5.69 Å². The van der Waals surface area contributed by atoms with E-state index in [-0.39, 0.29) is 30.2 Å². The van der Waals surface area contributed by atoms with Gasteiger partial charge >= 0.3 is 0 Å². The highest BCUT2D eigenvalue weighted by molar-refractivity contribution is 5.93. The molecular weight excluding hydrogens is 378 g/mol. The Balaban J connectivity index is 1.84. The van der Waals surface area contributed by atoms with Crippen LogP contribution in [0.1, 0.15) is 12.0 Å². The Kier molecular flexibility index (Phi) is 7.61. The van der Waals surface area contributed by atoms with Gasteiger partial charge in [-0.05, 0) is 43.8 Å². The van der Waals surface area contributed by atoms with E-state index in [0.717, 1.165) is 5.56 Å². The number of benzene rings is 1. The maximum Gasteiger partial charge on any atom is 0.296 e. The molecule has 29 heavy (non-hydrogen) atoms. The number of hydrogen-bond donors (Lipinski definition) is 2. The van der Waals surface area contributed by atoms with Crippen molar-refractivity contribution in [3.05, 3.63) is 52.2 Å². The zero-order valence-corrected chi connectivity index (χ0v) is 16.5. The van der Waals surface area contributed by atoms with Gasteiger partial charge in [-0.3, -0.25) is 24.6 Å². The van der Waals surface area contributed by atoms with E-state index >= 15 is 0 Å². The van der Waals surface area contributed by atoms with Gasteiger partial charge in [0.05, 0.1) is 24.6 Å². The quantitative estimate of drug-likeness (QED) is 0.487. The van der Waals surface area contributed by atoms with Crippen LogP contribution in [0.25, 0.3) is 0 Å². The number of methoxy groups -OCH3 is 1. The molecule has 0 aliphatic heterocycles. The first-order valence-electron chi connectivity index (χ1n) is 8.82. The number of aryl methyl sites for hydroxylation is 1. The molecule has 2 aromatic rings. The smallest absolute Gasteiger partial charge is 0.296 e. The molecule has 0 aliphatic rings. The predicted octanol–water partition coefficient (Wildman–Crippen LogP) is 2.21. The molecule has 1 aromatic carbocycles. The molecule has 1 heterocycles. The first-order valence-corrected chi connectivity index (χ1v) is 8.82. The molecular formula is C19H23N5O5. The summed E-state index contributed by atoms with van der Waals surface area (Å²) in [5.41, 5.74) is 0.816. The number of nitro benzene ring substituents is 1. The monoisotopic (exact) mass is 401 g/mol. The number of carbonyl (C=O) groups excluding carboxylic acids is 2. The average molecular weight is 401 g/mol. The molecule has 0 unspecified atom stereocenters. The Hall–Kier alpha value is -3.53. The van der Waals surface area contributed by atoms with Crippen LogP contribution in [0.5, 0.6) is 5.75 Å². The largest absolute Gasteiger partial charge is 0.496 e. The molecule has 0 aliphatic carbocycles. The topological polar surface area (TPSA) is 127 Å². The van der Waals surface area contributed by atoms with Crippen molar-refractivity contribution < 1.29 is 19.2 Å². The van der Waals surface area contributed by atoms with Gasteiger partial charge in [0, 0.05) is 19.2 Å². The Morgan fingerprint density at radius 2 is 1.97 bits per heavy atom. The second-order valence-electron chi connectivity index (χ2n) is 6.44. The number of hydrogen-bond acceptors (Lipinski definition) is 7. The maximum atomic E-state index is 12.2. The van der Waals surface area contributed by atoms with E-state index in [1.165, 1.54) is 25.3 Å². The number of carbonyl (C=O) groups is 2. The third-order valence-corrected chi connectivity index (χ3v) is 3.99. The Morgan fingerprint density at radius 3 is 2.62 bits per heavy atom. The molecule has 154 valence electrons. The number of likely N-dealkylation sites (N-methyl/N-ethyl adjacent to an activating group) is 1. The molecule has 2 amide bonds. The molecule has 0 spiro atoms. The second-order valence-corrected chi connectivity index (χ2v) is 6.44. The van der Waals surface area contributed by atoms with Crippen LogP contribution in [0.15, 0.2) is 36.5 Å². The van der Waals surface area contributed by atoms with Gasteiger partial charge in [-0.25, -0.2) is 4.98 Å². The Morgan fingerprint density at radius 1 is 1.21 bits per heavy atom. The SMILES string of the molecule is COc1ccc(NC(=O)CCN(C)CC(=O)Nc2cc(C)ccn2)c([N+](=O)[O-])c1. The molecule has 2 N–H and O–H groups in total. The molecule has 0 fully saturated rings. The number of amides is 2. The molecule has 10 heteroatoms. The maximum absolute atomic E-state index is 12.2. The zero-order chi connectivity index (χ0) is 21.4. The molecule has 0 radical (unpaired) electrons. The third kappa shape index (κ3) is 6.85. The van der Waals surface area contributed by atoms with Crippen molar-refractivity contribution in [2.75, 3.05) is 37.9 Å². The molecule has 1 aromatic heterocycles. The summed E-state index contributed by atoms with van der Waals surface area (Å²) >= 11 is 0. The third-order valence-electron chi connectivity index (χ3n) is 3.99. The summed E-state index contributed by atoms with van der Waals surface area (Å²) in [7, 11) is 3.10. The normalized spacial score (nSPS) is 10.5. The highest BCUT2D eigenvalue weighted by atomic mass is 16.6. The van der Waals surface area contributed by atoms with Crippen LogP contribution in [-0.2, 0) is 9.59 Å². The van der Waals surface area contributed by atoms with E-state index in [0.29, 0.717) is 18.1 Å². The van der Waals surface area contributed by atoms with Gasteiger partial charge < -0.3 is 15.4 Å². The predicted molar refractivity (Wildman–Crippen MR) is 108 cm³/mol. The number of nitro groups is 1. The molecule has 0 saturated heterocycles. The van der Waals surface area contributed by atoms with Crippen LogP contribution < -0.4 is 15.4 Å². The molecule has 10 nitrogen and oxygen atoms in total. The lowest BCUT2D eigenvalue weighted by molar-refractivity contribution is -0.384. The summed E-state index contributed by atoms with van der Waals surface area (Å²) in [6.07, 6.45) is 1.67. The Labute approximate surface area is 168 Å². The molecule has 0 saturated carbocycles. The van der Waals surface area contributed by atoms with Gasteiger partial charge in [-0.15, -0.1) is 0 Å². The molecule has 0 atom stereocenters. The van der Waals surface area contributed by atoms with E-state index in [9.17, 15) is 19.7 Å². The highest BCUT2D eigenvalue weighted by Crippen LogP contribution is 2.28. The van der Waals surface area contributed by atoms with E-state index in [1.54, 1.807) is 24.2 Å². The van der Waals surface area contributed by atoms with E-state index in [4.69, 9.17) is 4.74 Å². The minimum absolute atomic E-state index is 0.0651. The second kappa shape index (κ2) is 10.1. The molecule has 2 rings (SSSR count). The van der Waals surface area contributed by atoms with Crippen LogP contribution in [0.2, 0.25) is 0 Å². The number of pyridine rings is 1. The van der Waals surface area contributed by atoms with Crippen molar-refractivity contribution in [2.45, 2.75) is 13.3 Å². The number of nitrogens with one attached hydrogen (secondary N) is 2. The van der Waals surface area contributed by atoms with E-state index in [1.807, 2.05) is 13.0 Å². The van der Waals surface area contributed by atoms with Crippen LogP contribution in [0.4, 0.5) is 17.2 Å². The van der Waals surface area contributed by atoms with Gasteiger partial charge in [0.15, 0.2) is 0 Å². The number of rotatable bonds is 9. The summed E-state index contributed by atoms with van der Waals surface area (Å²) in [6, 6.07) is 7.77. The van der Waals surface area contributed by atoms with Gasteiger partial charge in [-0.1, -0.05) is 0 Å². The van der Waals surface area contributed by atoms with E-state index < -0.39 is 10.8 Å². The van der Waals surface area contributed by atoms with Crippen molar-refractivity contribution in [1.29, 1.82) is 0 Å². The minimum Gasteiger partial charge on any atom is -0.496 e. The summed E-state index contributed by atoms with van der Waals surface area (Å²) in [5, 5.41) is 16.4. The van der Waals surface area contributed by atoms with Crippen LogP contribution in [0.3, 0.4) is 0 Å². The van der Waals surface area contributed by atoms with Crippen molar-refractivity contribution in [2.24, 2.45) is 0 Å². The highest BCUT2D eigenvalue weighted by Gasteiger charge is 2.17. The summed E-state index contributed by atoms with van der Waals surface area (Å²) in [4.78, 5) is 40.5. The Bertz CT molecular complexity index is 902. The van der Waals surface area contributed by atoms with Crippen LogP contribution in [-0.4, -0.2) is 53.9 Å². The number of ether oxygens (including phenoxy) is 1. The lowest BCUT2D eigenvalue weighted by Gasteiger charge is -2.16. The van der Waals surface area contributed by atoms with E-state index in [2.05, 4.69) is 15.6 Å². The van der Waals surface area contributed by atoms with Crippen LogP contribution in [0, 0.1) is 17.0 Å². The fourth-order valence-corrected chi connectivity index (χ4v) is 2.51. The molecule has 0 bridgehead atoms. The summed E-state index contributed by atoms with van der Waals surface area (Å²) in [6.45, 7) is 2.27. The lowest BCUT2D eigenvalue weighted by Crippen LogP contribution is -2.32. The first-order chi connectivity index (χ1) is 13.8. The number of aromatic nitrogens is 1. The average Bonchev–Trinajstić information content (AvgIpc) is 2.66. The minimum atomic E-state index is -0.589. The van der Waals surface area contributed by atoms with Crippen molar-refractivity contribution in [3.63, 3.8) is 0 Å². The number of nitrogens with zero attached hydrogens (tertiary/aromatic N) is 3. The summed E-state index contributed by atoms with van der Waals surface area (Å²) in [5.74, 6) is 0.138. The van der Waals surface area contributed by atoms with Crippen molar-refractivity contribution in [3.8, 4) is 5.75 Å². The number of anilines is 2. The van der Waals surface area contributed by atoms with Gasteiger partial charge in [0.1, 0.15) is 17.3 Å². The lowest BCUT2D eigenvalue weighted by atomic mass is 10.2. The first kappa shape index (κ1) is 21.8. The fraction of sp³-hybridized carbons (Fsp3) is 0.316. The van der Waals surface area contributed by atoms with Crippen molar-refractivity contribution in [1.82, 2.24) is 9.88 Å². The van der Waals surface area contributed by atoms with Crippen molar-refractivity contribution >= 4 is 29.0 Å². The van der Waals surface area contributed by atoms with Gasteiger partial charge in [-0.2, -0.15) is 0 Å². The van der Waals surface area contributed by atoms with Crippen LogP contribution >= 0.6 is 0 Å².